The molecule has 7 nitrogen and oxygen atoms in total. The van der Waals surface area contributed by atoms with E-state index in [1.165, 1.54) is 6.07 Å². The van der Waals surface area contributed by atoms with Crippen molar-refractivity contribution in [3.8, 4) is 11.1 Å². The van der Waals surface area contributed by atoms with Gasteiger partial charge in [-0.15, -0.1) is 0 Å². The SMILES string of the molecule is Cc1nc(CCCC(=O)c2ccc(-c3cccc(C(F)(F)F)c3)c3c2CN(C(=O)NC(C)(C)C)CC3)n[nH]1. The summed E-state index contributed by atoms with van der Waals surface area (Å²) >= 11 is 0. The summed E-state index contributed by atoms with van der Waals surface area (Å²) in [7, 11) is 0. The number of aromatic nitrogens is 3. The Kier molecular flexibility index (Phi) is 7.62. The van der Waals surface area contributed by atoms with Gasteiger partial charge < -0.3 is 10.2 Å². The number of fused-ring (bicyclic) bond motifs is 1. The molecule has 0 fully saturated rings. The minimum Gasteiger partial charge on any atom is -0.333 e. The van der Waals surface area contributed by atoms with E-state index in [2.05, 4.69) is 20.5 Å². The number of alkyl halides is 3. The van der Waals surface area contributed by atoms with Crippen molar-refractivity contribution in [1.82, 2.24) is 25.4 Å². The molecule has 0 saturated carbocycles. The number of nitrogens with zero attached hydrogens (tertiary/aromatic N) is 3. The Bertz CT molecular complexity index is 1340. The van der Waals surface area contributed by atoms with Gasteiger partial charge in [0.1, 0.15) is 5.82 Å². The van der Waals surface area contributed by atoms with Crippen LogP contribution in [-0.4, -0.2) is 44.0 Å². The van der Waals surface area contributed by atoms with Crippen LogP contribution in [-0.2, 0) is 25.6 Å². The zero-order valence-electron chi connectivity index (χ0n) is 22.0. The number of hydrogen-bond donors (Lipinski definition) is 2. The van der Waals surface area contributed by atoms with Gasteiger partial charge >= 0.3 is 12.2 Å². The Morgan fingerprint density at radius 2 is 1.87 bits per heavy atom. The highest BCUT2D eigenvalue weighted by Gasteiger charge is 2.32. The van der Waals surface area contributed by atoms with Gasteiger partial charge in [0.2, 0.25) is 0 Å². The fourth-order valence-corrected chi connectivity index (χ4v) is 4.69. The maximum Gasteiger partial charge on any atom is 0.416 e. The van der Waals surface area contributed by atoms with Crippen LogP contribution < -0.4 is 5.32 Å². The Morgan fingerprint density at radius 1 is 1.11 bits per heavy atom. The monoisotopic (exact) mass is 527 g/mol. The number of hydrogen-bond acceptors (Lipinski definition) is 4. The number of urea groups is 1. The minimum atomic E-state index is -4.46. The molecule has 0 saturated heterocycles. The van der Waals surface area contributed by atoms with Crippen LogP contribution in [0.5, 0.6) is 0 Å². The lowest BCUT2D eigenvalue weighted by molar-refractivity contribution is -0.137. The third-order valence-corrected chi connectivity index (χ3v) is 6.43. The number of nitrogens with one attached hydrogen (secondary N) is 2. The summed E-state index contributed by atoms with van der Waals surface area (Å²) in [5, 5.41) is 9.84. The Balaban J connectivity index is 1.66. The van der Waals surface area contributed by atoms with Crippen LogP contribution in [0.4, 0.5) is 18.0 Å². The summed E-state index contributed by atoms with van der Waals surface area (Å²) < 4.78 is 40.2. The molecule has 0 atom stereocenters. The summed E-state index contributed by atoms with van der Waals surface area (Å²) in [5.41, 5.74) is 1.91. The molecule has 202 valence electrons. The molecule has 2 heterocycles. The lowest BCUT2D eigenvalue weighted by Crippen LogP contribution is -2.50. The largest absolute Gasteiger partial charge is 0.416 e. The molecular weight excluding hydrogens is 495 g/mol. The van der Waals surface area contributed by atoms with Crippen molar-refractivity contribution >= 4 is 11.8 Å². The second-order valence-corrected chi connectivity index (χ2v) is 10.7. The first-order valence-corrected chi connectivity index (χ1v) is 12.6. The highest BCUT2D eigenvalue weighted by molar-refractivity contribution is 5.99. The number of Topliss-reactive ketones (excluding diaryl/α,β-unsaturated/α-hetero) is 1. The van der Waals surface area contributed by atoms with Crippen LogP contribution in [0.15, 0.2) is 36.4 Å². The van der Waals surface area contributed by atoms with Gasteiger partial charge in [0, 0.05) is 37.0 Å². The Morgan fingerprint density at radius 3 is 2.53 bits per heavy atom. The van der Waals surface area contributed by atoms with Gasteiger partial charge in [-0.25, -0.2) is 9.78 Å². The molecule has 2 amide bonds. The van der Waals surface area contributed by atoms with Gasteiger partial charge in [-0.05, 0) is 74.9 Å². The first kappa shape index (κ1) is 27.3. The van der Waals surface area contributed by atoms with E-state index in [0.717, 1.165) is 17.7 Å². The van der Waals surface area contributed by atoms with E-state index in [4.69, 9.17) is 0 Å². The number of benzene rings is 2. The lowest BCUT2D eigenvalue weighted by atomic mass is 9.85. The smallest absolute Gasteiger partial charge is 0.333 e. The zero-order chi connectivity index (χ0) is 27.7. The van der Waals surface area contributed by atoms with E-state index in [-0.39, 0.29) is 24.8 Å². The summed E-state index contributed by atoms with van der Waals surface area (Å²) in [6.45, 7) is 8.06. The van der Waals surface area contributed by atoms with E-state index < -0.39 is 17.3 Å². The standard InChI is InChI=1S/C28H32F3N5O2/c1-17-32-25(35-34-17)10-6-9-24(37)22-12-11-20(18-7-5-8-19(15-18)28(29,30)31)21-13-14-36(16-23(21)22)26(38)33-27(2,3)4/h5,7-8,11-12,15H,6,9-10,13-14,16H2,1-4H3,(H,33,38)(H,32,34,35). The third kappa shape index (κ3) is 6.41. The predicted molar refractivity (Wildman–Crippen MR) is 138 cm³/mol. The first-order valence-electron chi connectivity index (χ1n) is 12.6. The average Bonchev–Trinajstić information content (AvgIpc) is 3.26. The molecule has 38 heavy (non-hydrogen) atoms. The normalized spacial score (nSPS) is 13.8. The number of carbonyl (C=O) groups excluding carboxylic acids is 2. The van der Waals surface area contributed by atoms with E-state index in [9.17, 15) is 22.8 Å². The number of H-pyrrole nitrogens is 1. The number of aromatic amines is 1. The molecule has 2 aromatic carbocycles. The quantitative estimate of drug-likeness (QED) is 0.392. The number of carbonyl (C=O) groups is 2. The van der Waals surface area contributed by atoms with E-state index in [0.29, 0.717) is 59.7 Å². The molecular formula is C28H32F3N5O2. The second-order valence-electron chi connectivity index (χ2n) is 10.7. The summed E-state index contributed by atoms with van der Waals surface area (Å²) in [6.07, 6.45) is -2.68. The van der Waals surface area contributed by atoms with Crippen molar-refractivity contribution in [3.05, 3.63) is 70.3 Å². The van der Waals surface area contributed by atoms with E-state index >= 15 is 0 Å². The third-order valence-electron chi connectivity index (χ3n) is 6.43. The molecule has 0 radical (unpaired) electrons. The maximum absolute atomic E-state index is 13.4. The van der Waals surface area contributed by atoms with Crippen LogP contribution in [0.1, 0.15) is 72.3 Å². The van der Waals surface area contributed by atoms with Crippen LogP contribution in [0, 0.1) is 6.92 Å². The van der Waals surface area contributed by atoms with Crippen molar-refractivity contribution < 1.29 is 22.8 Å². The molecule has 1 aliphatic rings. The van der Waals surface area contributed by atoms with Crippen molar-refractivity contribution in [2.24, 2.45) is 0 Å². The fraction of sp³-hybridized carbons (Fsp3) is 0.429. The van der Waals surface area contributed by atoms with Gasteiger partial charge in [-0.2, -0.15) is 18.3 Å². The first-order chi connectivity index (χ1) is 17.8. The Hall–Kier alpha value is -3.69. The summed E-state index contributed by atoms with van der Waals surface area (Å²) in [5.74, 6) is 1.27. The number of aryl methyl sites for hydroxylation is 2. The van der Waals surface area contributed by atoms with Crippen molar-refractivity contribution in [2.75, 3.05) is 6.54 Å². The lowest BCUT2D eigenvalue weighted by Gasteiger charge is -2.34. The van der Waals surface area contributed by atoms with Crippen LogP contribution in [0.25, 0.3) is 11.1 Å². The van der Waals surface area contributed by atoms with Crippen molar-refractivity contribution in [3.63, 3.8) is 0 Å². The molecule has 0 bridgehead atoms. The molecule has 0 unspecified atom stereocenters. The van der Waals surface area contributed by atoms with E-state index in [1.54, 1.807) is 30.0 Å². The fourth-order valence-electron chi connectivity index (χ4n) is 4.69. The van der Waals surface area contributed by atoms with Crippen molar-refractivity contribution in [1.29, 1.82) is 0 Å². The second kappa shape index (κ2) is 10.6. The molecule has 0 spiro atoms. The molecule has 3 aromatic rings. The summed E-state index contributed by atoms with van der Waals surface area (Å²) in [6, 6.07) is 8.37. The minimum absolute atomic E-state index is 0.0813. The number of rotatable bonds is 6. The maximum atomic E-state index is 13.4. The molecule has 2 N–H and O–H groups in total. The Labute approximate surface area is 219 Å². The average molecular weight is 528 g/mol. The molecule has 1 aliphatic heterocycles. The highest BCUT2D eigenvalue weighted by Crippen LogP contribution is 2.37. The molecule has 4 rings (SSSR count). The zero-order valence-corrected chi connectivity index (χ0v) is 22.0. The van der Waals surface area contributed by atoms with Gasteiger partial charge in [0.05, 0.1) is 5.56 Å². The molecule has 0 aliphatic carbocycles. The van der Waals surface area contributed by atoms with Gasteiger partial charge in [-0.1, -0.05) is 24.3 Å². The number of amides is 2. The molecule has 1 aromatic heterocycles. The highest BCUT2D eigenvalue weighted by atomic mass is 19.4. The van der Waals surface area contributed by atoms with Crippen molar-refractivity contribution in [2.45, 2.75) is 71.6 Å². The van der Waals surface area contributed by atoms with E-state index in [1.807, 2.05) is 20.8 Å². The van der Waals surface area contributed by atoms with Gasteiger partial charge in [0.15, 0.2) is 11.6 Å². The van der Waals surface area contributed by atoms with Gasteiger partial charge in [-0.3, -0.25) is 9.89 Å². The van der Waals surface area contributed by atoms with Gasteiger partial charge in [0.25, 0.3) is 0 Å². The number of ketones is 1. The van der Waals surface area contributed by atoms with Crippen LogP contribution in [0.2, 0.25) is 0 Å². The summed E-state index contributed by atoms with van der Waals surface area (Å²) in [4.78, 5) is 32.2. The molecule has 10 heteroatoms. The van der Waals surface area contributed by atoms with Crippen LogP contribution in [0.3, 0.4) is 0 Å². The number of halogens is 3. The van der Waals surface area contributed by atoms with Crippen LogP contribution >= 0.6 is 0 Å². The topological polar surface area (TPSA) is 91.0 Å². The predicted octanol–water partition coefficient (Wildman–Crippen LogP) is 5.87.